The van der Waals surface area contributed by atoms with Gasteiger partial charge in [0.1, 0.15) is 5.69 Å². The molecular formula is C19H22ClF3N4O2. The molecule has 1 saturated heterocycles. The molecule has 0 spiro atoms. The molecule has 2 N–H and O–H groups in total. The molecule has 10 heteroatoms. The lowest BCUT2D eigenvalue weighted by Gasteiger charge is -2.32. The number of amides is 1. The Morgan fingerprint density at radius 2 is 2.14 bits per heavy atom. The van der Waals surface area contributed by atoms with E-state index in [1.807, 2.05) is 10.00 Å². The zero-order valence-electron chi connectivity index (χ0n) is 15.6. The number of nitrogens with zero attached hydrogens (tertiary/aromatic N) is 3. The number of likely N-dealkylation sites (tertiary alicyclic amines) is 1. The van der Waals surface area contributed by atoms with Crippen molar-refractivity contribution in [1.29, 1.82) is 0 Å². The second-order valence-electron chi connectivity index (χ2n) is 7.08. The Kier molecular flexibility index (Phi) is 6.81. The highest BCUT2D eigenvalue weighted by Crippen LogP contribution is 2.28. The van der Waals surface area contributed by atoms with E-state index in [-0.39, 0.29) is 18.8 Å². The molecule has 1 aromatic heterocycles. The number of aromatic nitrogens is 2. The van der Waals surface area contributed by atoms with Gasteiger partial charge in [0, 0.05) is 37.3 Å². The van der Waals surface area contributed by atoms with Gasteiger partial charge in [-0.3, -0.25) is 14.8 Å². The van der Waals surface area contributed by atoms with Gasteiger partial charge in [0.2, 0.25) is 0 Å². The number of hydrogen-bond acceptors (Lipinski definition) is 4. The molecule has 1 aliphatic heterocycles. The average molecular weight is 431 g/mol. The second kappa shape index (κ2) is 9.15. The number of benzene rings is 1. The summed E-state index contributed by atoms with van der Waals surface area (Å²) in [6, 6.07) is 7.71. The number of rotatable bonds is 6. The zero-order valence-corrected chi connectivity index (χ0v) is 16.4. The Bertz CT molecular complexity index is 843. The highest BCUT2D eigenvalue weighted by Gasteiger charge is 2.34. The van der Waals surface area contributed by atoms with Crippen LogP contribution >= 0.6 is 11.6 Å². The third-order valence-corrected chi connectivity index (χ3v) is 5.24. The van der Waals surface area contributed by atoms with Crippen LogP contribution in [0.5, 0.6) is 0 Å². The Morgan fingerprint density at radius 3 is 2.79 bits per heavy atom. The van der Waals surface area contributed by atoms with Crippen molar-refractivity contribution in [3.8, 4) is 0 Å². The van der Waals surface area contributed by atoms with Crippen LogP contribution in [-0.4, -0.2) is 63.3 Å². The summed E-state index contributed by atoms with van der Waals surface area (Å²) in [4.78, 5) is 16.4. The Hall–Kier alpha value is -2.10. The molecular weight excluding hydrogens is 409 g/mol. The van der Waals surface area contributed by atoms with Gasteiger partial charge in [-0.15, -0.1) is 0 Å². The van der Waals surface area contributed by atoms with Gasteiger partial charge >= 0.3 is 6.18 Å². The van der Waals surface area contributed by atoms with E-state index in [1.165, 1.54) is 4.90 Å². The zero-order chi connectivity index (χ0) is 21.0. The van der Waals surface area contributed by atoms with Gasteiger partial charge in [0.15, 0.2) is 5.69 Å². The van der Waals surface area contributed by atoms with Crippen molar-refractivity contribution in [2.45, 2.75) is 31.7 Å². The smallest absolute Gasteiger partial charge is 0.392 e. The monoisotopic (exact) mass is 430 g/mol. The quantitative estimate of drug-likeness (QED) is 0.738. The van der Waals surface area contributed by atoms with Gasteiger partial charge in [-0.25, -0.2) is 0 Å². The summed E-state index contributed by atoms with van der Waals surface area (Å²) in [5.41, 5.74) is -0.687. The maximum Gasteiger partial charge on any atom is 0.432 e. The minimum Gasteiger partial charge on any atom is -0.392 e. The van der Waals surface area contributed by atoms with E-state index in [9.17, 15) is 23.1 Å². The van der Waals surface area contributed by atoms with Gasteiger partial charge in [-0.05, 0) is 31.0 Å². The number of hydrogen-bond donors (Lipinski definition) is 2. The van der Waals surface area contributed by atoms with Gasteiger partial charge in [0.25, 0.3) is 5.91 Å². The van der Waals surface area contributed by atoms with E-state index >= 15 is 0 Å². The number of aliphatic hydroxyl groups excluding tert-OH is 1. The molecule has 1 aromatic carbocycles. The average Bonchev–Trinajstić information content (AvgIpc) is 3.17. The number of β-amino-alcohol motifs (C(OH)–C–C–N with tert-alkyl or cyclic N) is 1. The topological polar surface area (TPSA) is 72.5 Å². The predicted molar refractivity (Wildman–Crippen MR) is 101 cm³/mol. The summed E-state index contributed by atoms with van der Waals surface area (Å²) in [5.74, 6) is -0.616. The molecule has 2 aromatic rings. The van der Waals surface area contributed by atoms with E-state index in [1.54, 1.807) is 24.3 Å². The van der Waals surface area contributed by atoms with Crippen molar-refractivity contribution < 1.29 is 23.1 Å². The van der Waals surface area contributed by atoms with E-state index in [2.05, 4.69) is 5.10 Å². The van der Waals surface area contributed by atoms with Crippen molar-refractivity contribution in [3.63, 3.8) is 0 Å². The SMILES string of the molecule is O=C(c1cc(C(F)(F)F)[nH]n1)N(CCN1CCCC(O)C1)Cc1ccccc1Cl. The molecule has 1 aliphatic rings. The summed E-state index contributed by atoms with van der Waals surface area (Å²) in [6.07, 6.45) is -3.42. The first kappa shape index (κ1) is 21.6. The largest absolute Gasteiger partial charge is 0.432 e. The molecule has 2 heterocycles. The summed E-state index contributed by atoms with van der Waals surface area (Å²) >= 11 is 6.20. The number of aliphatic hydroxyl groups is 1. The molecule has 3 rings (SSSR count). The molecule has 0 bridgehead atoms. The van der Waals surface area contributed by atoms with E-state index in [0.717, 1.165) is 19.4 Å². The molecule has 0 radical (unpaired) electrons. The first-order valence-electron chi connectivity index (χ1n) is 9.29. The summed E-state index contributed by atoms with van der Waals surface area (Å²) < 4.78 is 38.5. The minimum atomic E-state index is -4.61. The molecule has 1 unspecified atom stereocenters. The van der Waals surface area contributed by atoms with Crippen molar-refractivity contribution in [3.05, 3.63) is 52.3 Å². The number of alkyl halides is 3. The van der Waals surface area contributed by atoms with Crippen LogP contribution < -0.4 is 0 Å². The summed E-state index contributed by atoms with van der Waals surface area (Å²) in [6.45, 7) is 2.21. The predicted octanol–water partition coefficient (Wildman–Crippen LogP) is 3.18. The van der Waals surface area contributed by atoms with E-state index < -0.39 is 23.9 Å². The van der Waals surface area contributed by atoms with Gasteiger partial charge in [-0.1, -0.05) is 29.8 Å². The maximum atomic E-state index is 12.9. The number of aromatic amines is 1. The van der Waals surface area contributed by atoms with Crippen LogP contribution in [0.3, 0.4) is 0 Å². The van der Waals surface area contributed by atoms with Crippen LogP contribution in [0, 0.1) is 0 Å². The van der Waals surface area contributed by atoms with Crippen LogP contribution in [0.2, 0.25) is 5.02 Å². The Balaban J connectivity index is 1.76. The van der Waals surface area contributed by atoms with Gasteiger partial charge in [-0.2, -0.15) is 18.3 Å². The lowest BCUT2D eigenvalue weighted by Crippen LogP contribution is -2.43. The molecule has 1 amide bonds. The number of H-pyrrole nitrogens is 1. The third-order valence-electron chi connectivity index (χ3n) is 4.88. The summed E-state index contributed by atoms with van der Waals surface area (Å²) in [7, 11) is 0. The highest BCUT2D eigenvalue weighted by molar-refractivity contribution is 6.31. The molecule has 1 atom stereocenters. The number of nitrogens with one attached hydrogen (secondary N) is 1. The molecule has 0 aliphatic carbocycles. The number of piperidine rings is 1. The number of halogens is 4. The lowest BCUT2D eigenvalue weighted by molar-refractivity contribution is -0.141. The number of carbonyl (C=O) groups excluding carboxylic acids is 1. The van der Waals surface area contributed by atoms with Crippen LogP contribution in [0.15, 0.2) is 30.3 Å². The highest BCUT2D eigenvalue weighted by atomic mass is 35.5. The standard InChI is InChI=1S/C19H22ClF3N4O2/c20-15-6-2-1-4-13(15)11-27(9-8-26-7-3-5-14(28)12-26)18(29)16-10-17(25-24-16)19(21,22)23/h1-2,4,6,10,14,28H,3,5,7-9,11-12H2,(H,24,25). The lowest BCUT2D eigenvalue weighted by atomic mass is 10.1. The van der Waals surface area contributed by atoms with Crippen LogP contribution in [0.1, 0.15) is 34.6 Å². The Morgan fingerprint density at radius 1 is 1.38 bits per heavy atom. The molecule has 0 saturated carbocycles. The fourth-order valence-corrected chi connectivity index (χ4v) is 3.52. The van der Waals surface area contributed by atoms with Crippen LogP contribution in [0.4, 0.5) is 13.2 Å². The van der Waals surface area contributed by atoms with Crippen molar-refractivity contribution in [2.24, 2.45) is 0 Å². The number of carbonyl (C=O) groups is 1. The normalized spacial score (nSPS) is 18.0. The van der Waals surface area contributed by atoms with E-state index in [4.69, 9.17) is 11.6 Å². The second-order valence-corrected chi connectivity index (χ2v) is 7.49. The first-order valence-corrected chi connectivity index (χ1v) is 9.67. The minimum absolute atomic E-state index is 0.142. The summed E-state index contributed by atoms with van der Waals surface area (Å²) in [5, 5.41) is 15.7. The molecule has 29 heavy (non-hydrogen) atoms. The fourth-order valence-electron chi connectivity index (χ4n) is 3.32. The van der Waals surface area contributed by atoms with Crippen LogP contribution in [-0.2, 0) is 12.7 Å². The molecule has 1 fully saturated rings. The van der Waals surface area contributed by atoms with Crippen molar-refractivity contribution >= 4 is 17.5 Å². The van der Waals surface area contributed by atoms with Crippen molar-refractivity contribution in [2.75, 3.05) is 26.2 Å². The fraction of sp³-hybridized carbons (Fsp3) is 0.474. The van der Waals surface area contributed by atoms with Gasteiger partial charge < -0.3 is 10.0 Å². The third kappa shape index (κ3) is 5.71. The molecule has 6 nitrogen and oxygen atoms in total. The van der Waals surface area contributed by atoms with E-state index in [0.29, 0.717) is 29.7 Å². The van der Waals surface area contributed by atoms with Crippen LogP contribution in [0.25, 0.3) is 0 Å². The van der Waals surface area contributed by atoms with Crippen molar-refractivity contribution in [1.82, 2.24) is 20.0 Å². The maximum absolute atomic E-state index is 12.9. The Labute approximate surface area is 171 Å². The van der Waals surface area contributed by atoms with Gasteiger partial charge in [0.05, 0.1) is 6.10 Å². The molecule has 158 valence electrons. The first-order chi connectivity index (χ1) is 13.7.